The van der Waals surface area contributed by atoms with Gasteiger partial charge in [-0.05, 0) is 43.2 Å². The first kappa shape index (κ1) is 21.9. The summed E-state index contributed by atoms with van der Waals surface area (Å²) in [6.45, 7) is 3.23. The number of fused-ring (bicyclic) bond motifs is 1. The number of halogens is 1. The SMILES string of the molecule is CC(NC(=O)Cc1ccccc1)c1nc2ccccc2n1CCCOc1ccccc1Cl. The summed E-state index contributed by atoms with van der Waals surface area (Å²) in [5, 5.41) is 3.71. The Bertz CT molecular complexity index is 1190. The Kier molecular flexibility index (Phi) is 7.07. The van der Waals surface area contributed by atoms with Crippen LogP contribution in [0.3, 0.4) is 0 Å². The number of amides is 1. The van der Waals surface area contributed by atoms with Crippen LogP contribution in [0, 0.1) is 0 Å². The molecule has 3 aromatic carbocycles. The minimum atomic E-state index is -0.219. The predicted octanol–water partition coefficient (Wildman–Crippen LogP) is 5.58. The van der Waals surface area contributed by atoms with Crippen LogP contribution in [0.15, 0.2) is 78.9 Å². The van der Waals surface area contributed by atoms with Crippen molar-refractivity contribution in [2.45, 2.75) is 32.4 Å². The second-order valence-corrected chi connectivity index (χ2v) is 8.10. The molecule has 0 radical (unpaired) electrons. The summed E-state index contributed by atoms with van der Waals surface area (Å²) in [4.78, 5) is 17.4. The summed E-state index contributed by atoms with van der Waals surface area (Å²) in [6.07, 6.45) is 1.13. The third-order valence-corrected chi connectivity index (χ3v) is 5.59. The van der Waals surface area contributed by atoms with Crippen molar-refractivity contribution in [2.75, 3.05) is 6.61 Å². The fourth-order valence-corrected chi connectivity index (χ4v) is 3.95. The quantitative estimate of drug-likeness (QED) is 0.341. The predicted molar refractivity (Wildman–Crippen MR) is 128 cm³/mol. The summed E-state index contributed by atoms with van der Waals surface area (Å²) in [5.41, 5.74) is 2.95. The van der Waals surface area contributed by atoms with Crippen LogP contribution in [0.2, 0.25) is 5.02 Å². The maximum atomic E-state index is 12.6. The van der Waals surface area contributed by atoms with Gasteiger partial charge in [0.2, 0.25) is 5.91 Å². The van der Waals surface area contributed by atoms with Crippen LogP contribution < -0.4 is 10.1 Å². The number of hydrogen-bond acceptors (Lipinski definition) is 3. The smallest absolute Gasteiger partial charge is 0.224 e. The van der Waals surface area contributed by atoms with Gasteiger partial charge < -0.3 is 14.6 Å². The summed E-state index contributed by atoms with van der Waals surface area (Å²) < 4.78 is 8.01. The first-order valence-corrected chi connectivity index (χ1v) is 11.2. The number of benzene rings is 3. The van der Waals surface area contributed by atoms with Crippen LogP contribution in [0.1, 0.15) is 30.8 Å². The molecule has 0 aliphatic heterocycles. The van der Waals surface area contributed by atoms with Gasteiger partial charge in [-0.3, -0.25) is 4.79 Å². The summed E-state index contributed by atoms with van der Waals surface area (Å²) >= 11 is 6.17. The van der Waals surface area contributed by atoms with Crippen molar-refractivity contribution in [1.82, 2.24) is 14.9 Å². The largest absolute Gasteiger partial charge is 0.492 e. The molecule has 32 heavy (non-hydrogen) atoms. The number of para-hydroxylation sites is 3. The fraction of sp³-hybridized carbons (Fsp3) is 0.231. The number of carbonyl (C=O) groups is 1. The molecule has 0 bridgehead atoms. The number of rotatable bonds is 9. The molecule has 1 aromatic heterocycles. The van der Waals surface area contributed by atoms with Gasteiger partial charge in [-0.1, -0.05) is 66.2 Å². The molecule has 1 heterocycles. The molecule has 6 heteroatoms. The number of nitrogens with one attached hydrogen (secondary N) is 1. The minimum Gasteiger partial charge on any atom is -0.492 e. The van der Waals surface area contributed by atoms with Gasteiger partial charge in [0.25, 0.3) is 0 Å². The molecule has 164 valence electrons. The number of aromatic nitrogens is 2. The van der Waals surface area contributed by atoms with Gasteiger partial charge in [0.15, 0.2) is 0 Å². The molecule has 5 nitrogen and oxygen atoms in total. The maximum Gasteiger partial charge on any atom is 0.224 e. The molecule has 0 saturated carbocycles. The monoisotopic (exact) mass is 447 g/mol. The lowest BCUT2D eigenvalue weighted by Crippen LogP contribution is -2.30. The molecule has 0 aliphatic rings. The molecule has 4 aromatic rings. The Morgan fingerprint density at radius 2 is 1.75 bits per heavy atom. The van der Waals surface area contributed by atoms with Crippen molar-refractivity contribution in [3.63, 3.8) is 0 Å². The topological polar surface area (TPSA) is 56.2 Å². The van der Waals surface area contributed by atoms with E-state index >= 15 is 0 Å². The summed E-state index contributed by atoms with van der Waals surface area (Å²) in [5.74, 6) is 1.50. The zero-order chi connectivity index (χ0) is 22.3. The average Bonchev–Trinajstić information content (AvgIpc) is 3.17. The molecule has 0 saturated heterocycles. The molecule has 1 atom stereocenters. The molecule has 1 N–H and O–H groups in total. The van der Waals surface area contributed by atoms with Crippen molar-refractivity contribution in [3.8, 4) is 5.75 Å². The van der Waals surface area contributed by atoms with Crippen LogP contribution in [-0.2, 0) is 17.8 Å². The van der Waals surface area contributed by atoms with E-state index in [-0.39, 0.29) is 11.9 Å². The lowest BCUT2D eigenvalue weighted by atomic mass is 10.1. The fourth-order valence-electron chi connectivity index (χ4n) is 3.76. The van der Waals surface area contributed by atoms with Crippen LogP contribution in [-0.4, -0.2) is 22.1 Å². The van der Waals surface area contributed by atoms with E-state index in [0.717, 1.165) is 35.4 Å². The van der Waals surface area contributed by atoms with E-state index in [0.29, 0.717) is 23.8 Å². The number of carbonyl (C=O) groups excluding carboxylic acids is 1. The zero-order valence-electron chi connectivity index (χ0n) is 18.0. The maximum absolute atomic E-state index is 12.6. The lowest BCUT2D eigenvalue weighted by Gasteiger charge is -2.17. The second-order valence-electron chi connectivity index (χ2n) is 7.69. The number of aryl methyl sites for hydroxylation is 1. The van der Waals surface area contributed by atoms with Gasteiger partial charge in [0.1, 0.15) is 11.6 Å². The Hall–Kier alpha value is -3.31. The van der Waals surface area contributed by atoms with E-state index in [2.05, 4.69) is 16.0 Å². The van der Waals surface area contributed by atoms with Crippen LogP contribution in [0.4, 0.5) is 0 Å². The highest BCUT2D eigenvalue weighted by Crippen LogP contribution is 2.24. The first-order valence-electron chi connectivity index (χ1n) is 10.8. The Morgan fingerprint density at radius 3 is 2.56 bits per heavy atom. The van der Waals surface area contributed by atoms with E-state index < -0.39 is 0 Å². The molecule has 0 fully saturated rings. The van der Waals surface area contributed by atoms with E-state index in [9.17, 15) is 4.79 Å². The highest BCUT2D eigenvalue weighted by atomic mass is 35.5. The van der Waals surface area contributed by atoms with Gasteiger partial charge >= 0.3 is 0 Å². The second kappa shape index (κ2) is 10.3. The highest BCUT2D eigenvalue weighted by molar-refractivity contribution is 6.32. The molecule has 1 unspecified atom stereocenters. The van der Waals surface area contributed by atoms with Gasteiger partial charge in [-0.15, -0.1) is 0 Å². The highest BCUT2D eigenvalue weighted by Gasteiger charge is 2.18. The number of hydrogen-bond donors (Lipinski definition) is 1. The number of ether oxygens (including phenoxy) is 1. The molecule has 1 amide bonds. The Morgan fingerprint density at radius 1 is 1.03 bits per heavy atom. The van der Waals surface area contributed by atoms with Crippen molar-refractivity contribution in [3.05, 3.63) is 95.3 Å². The number of imidazole rings is 1. The van der Waals surface area contributed by atoms with E-state index in [1.807, 2.05) is 79.7 Å². The molecule has 4 rings (SSSR count). The van der Waals surface area contributed by atoms with Crippen molar-refractivity contribution >= 4 is 28.5 Å². The van der Waals surface area contributed by atoms with Crippen molar-refractivity contribution < 1.29 is 9.53 Å². The van der Waals surface area contributed by atoms with Gasteiger partial charge in [-0.2, -0.15) is 0 Å². The van der Waals surface area contributed by atoms with E-state index in [1.54, 1.807) is 0 Å². The zero-order valence-corrected chi connectivity index (χ0v) is 18.8. The van der Waals surface area contributed by atoms with E-state index in [4.69, 9.17) is 21.3 Å². The normalized spacial score (nSPS) is 11.9. The molecule has 0 aliphatic carbocycles. The molecular weight excluding hydrogens is 422 g/mol. The standard InChI is InChI=1S/C26H26ClN3O2/c1-19(28-25(31)18-20-10-3-2-4-11-20)26-29-22-13-6-7-14-23(22)30(26)16-9-17-32-24-15-8-5-12-21(24)27/h2-8,10-15,19H,9,16-18H2,1H3,(H,28,31). The Balaban J connectivity index is 1.44. The first-order chi connectivity index (χ1) is 15.6. The van der Waals surface area contributed by atoms with Gasteiger partial charge in [-0.25, -0.2) is 4.98 Å². The Labute approximate surface area is 193 Å². The van der Waals surface area contributed by atoms with Crippen molar-refractivity contribution in [2.24, 2.45) is 0 Å². The lowest BCUT2D eigenvalue weighted by molar-refractivity contribution is -0.121. The summed E-state index contributed by atoms with van der Waals surface area (Å²) in [6, 6.07) is 25.0. The van der Waals surface area contributed by atoms with Gasteiger partial charge in [0.05, 0.1) is 35.1 Å². The minimum absolute atomic E-state index is 0.0237. The molecule has 0 spiro atoms. The molecular formula is C26H26ClN3O2. The summed E-state index contributed by atoms with van der Waals surface area (Å²) in [7, 11) is 0. The van der Waals surface area contributed by atoms with Crippen molar-refractivity contribution in [1.29, 1.82) is 0 Å². The third-order valence-electron chi connectivity index (χ3n) is 5.28. The van der Waals surface area contributed by atoms with Crippen LogP contribution in [0.25, 0.3) is 11.0 Å². The van der Waals surface area contributed by atoms with Gasteiger partial charge in [0, 0.05) is 6.54 Å². The van der Waals surface area contributed by atoms with Crippen LogP contribution >= 0.6 is 11.6 Å². The third kappa shape index (κ3) is 5.29. The average molecular weight is 448 g/mol. The van der Waals surface area contributed by atoms with E-state index in [1.165, 1.54) is 0 Å². The van der Waals surface area contributed by atoms with Crippen LogP contribution in [0.5, 0.6) is 5.75 Å². The number of nitrogens with zero attached hydrogens (tertiary/aromatic N) is 2.